The number of pyridine rings is 1. The highest BCUT2D eigenvalue weighted by Gasteiger charge is 2.13. The van der Waals surface area contributed by atoms with Crippen molar-refractivity contribution in [1.82, 2.24) is 14.9 Å². The fourth-order valence-corrected chi connectivity index (χ4v) is 1.67. The number of carbonyl (C=O) groups excluding carboxylic acids is 1. The Balaban J connectivity index is 2.08. The first-order valence-electron chi connectivity index (χ1n) is 5.51. The molecule has 17 heavy (non-hydrogen) atoms. The third-order valence-corrected chi connectivity index (χ3v) is 2.66. The van der Waals surface area contributed by atoms with Gasteiger partial charge in [-0.3, -0.25) is 9.78 Å². The second kappa shape index (κ2) is 4.82. The van der Waals surface area contributed by atoms with E-state index in [-0.39, 0.29) is 11.9 Å². The van der Waals surface area contributed by atoms with Gasteiger partial charge in [0.1, 0.15) is 5.69 Å². The molecular weight excluding hydrogens is 214 g/mol. The van der Waals surface area contributed by atoms with Crippen LogP contribution in [-0.4, -0.2) is 15.5 Å². The predicted octanol–water partition coefficient (Wildman–Crippen LogP) is 1.91. The Morgan fingerprint density at radius 1 is 1.35 bits per heavy atom. The second-order valence-electron chi connectivity index (χ2n) is 3.95. The van der Waals surface area contributed by atoms with E-state index in [1.807, 2.05) is 44.4 Å². The van der Waals surface area contributed by atoms with Crippen molar-refractivity contribution in [2.24, 2.45) is 7.05 Å². The number of hydrogen-bond donors (Lipinski definition) is 1. The number of aryl methyl sites for hydroxylation is 1. The molecule has 0 fully saturated rings. The van der Waals surface area contributed by atoms with E-state index in [2.05, 4.69) is 10.3 Å². The first kappa shape index (κ1) is 11.4. The van der Waals surface area contributed by atoms with Gasteiger partial charge in [0.05, 0.1) is 11.7 Å². The third kappa shape index (κ3) is 2.53. The summed E-state index contributed by atoms with van der Waals surface area (Å²) in [4.78, 5) is 16.2. The second-order valence-corrected chi connectivity index (χ2v) is 3.95. The van der Waals surface area contributed by atoms with Gasteiger partial charge >= 0.3 is 0 Å². The SMILES string of the molecule is CC(NC(=O)c1cccn1C)c1ccccn1. The summed E-state index contributed by atoms with van der Waals surface area (Å²) in [7, 11) is 1.85. The molecule has 1 unspecified atom stereocenters. The molecule has 2 rings (SSSR count). The minimum absolute atomic E-state index is 0.0874. The van der Waals surface area contributed by atoms with Gasteiger partial charge < -0.3 is 9.88 Å². The van der Waals surface area contributed by atoms with Crippen LogP contribution in [-0.2, 0) is 7.05 Å². The summed E-state index contributed by atoms with van der Waals surface area (Å²) < 4.78 is 1.79. The van der Waals surface area contributed by atoms with Crippen LogP contribution in [0.4, 0.5) is 0 Å². The van der Waals surface area contributed by atoms with Gasteiger partial charge in [-0.25, -0.2) is 0 Å². The highest BCUT2D eigenvalue weighted by molar-refractivity contribution is 5.92. The van der Waals surface area contributed by atoms with E-state index in [0.29, 0.717) is 5.69 Å². The van der Waals surface area contributed by atoms with Crippen molar-refractivity contribution in [3.05, 3.63) is 54.1 Å². The summed E-state index contributed by atoms with van der Waals surface area (Å²) in [6.07, 6.45) is 3.57. The van der Waals surface area contributed by atoms with Gasteiger partial charge in [-0.1, -0.05) is 6.07 Å². The van der Waals surface area contributed by atoms with E-state index < -0.39 is 0 Å². The van der Waals surface area contributed by atoms with E-state index >= 15 is 0 Å². The van der Waals surface area contributed by atoms with Crippen LogP contribution >= 0.6 is 0 Å². The molecule has 4 heteroatoms. The van der Waals surface area contributed by atoms with Crippen LogP contribution in [0.3, 0.4) is 0 Å². The van der Waals surface area contributed by atoms with Crippen LogP contribution in [0.1, 0.15) is 29.1 Å². The summed E-state index contributed by atoms with van der Waals surface area (Å²) in [6.45, 7) is 1.92. The van der Waals surface area contributed by atoms with Crippen molar-refractivity contribution >= 4 is 5.91 Å². The molecular formula is C13H15N3O. The first-order valence-corrected chi connectivity index (χ1v) is 5.51. The van der Waals surface area contributed by atoms with Crippen LogP contribution in [0.5, 0.6) is 0 Å². The molecule has 0 aliphatic heterocycles. The number of rotatable bonds is 3. The molecule has 0 aromatic carbocycles. The summed E-state index contributed by atoms with van der Waals surface area (Å²) in [5, 5.41) is 2.92. The van der Waals surface area contributed by atoms with Crippen LogP contribution in [0.2, 0.25) is 0 Å². The van der Waals surface area contributed by atoms with Crippen molar-refractivity contribution in [3.63, 3.8) is 0 Å². The third-order valence-electron chi connectivity index (χ3n) is 2.66. The minimum atomic E-state index is -0.0985. The fraction of sp³-hybridized carbons (Fsp3) is 0.231. The monoisotopic (exact) mass is 229 g/mol. The standard InChI is InChI=1S/C13H15N3O/c1-10(11-6-3-4-8-14-11)15-13(17)12-7-5-9-16(12)2/h3-10H,1-2H3,(H,15,17). The van der Waals surface area contributed by atoms with E-state index in [9.17, 15) is 4.79 Å². The summed E-state index contributed by atoms with van der Waals surface area (Å²) in [6, 6.07) is 9.21. The lowest BCUT2D eigenvalue weighted by Crippen LogP contribution is -2.28. The van der Waals surface area contributed by atoms with E-state index in [4.69, 9.17) is 0 Å². The number of nitrogens with one attached hydrogen (secondary N) is 1. The fourth-order valence-electron chi connectivity index (χ4n) is 1.67. The quantitative estimate of drug-likeness (QED) is 0.874. The summed E-state index contributed by atoms with van der Waals surface area (Å²) >= 11 is 0. The maximum atomic E-state index is 12.0. The maximum Gasteiger partial charge on any atom is 0.268 e. The van der Waals surface area contributed by atoms with Gasteiger partial charge in [0, 0.05) is 19.4 Å². The molecule has 0 bridgehead atoms. The molecule has 0 aliphatic carbocycles. The average Bonchev–Trinajstić information content (AvgIpc) is 2.76. The van der Waals surface area contributed by atoms with E-state index in [0.717, 1.165) is 5.69 Å². The van der Waals surface area contributed by atoms with Gasteiger partial charge in [0.25, 0.3) is 5.91 Å². The van der Waals surface area contributed by atoms with Crippen molar-refractivity contribution in [1.29, 1.82) is 0 Å². The minimum Gasteiger partial charge on any atom is -0.347 e. The molecule has 2 heterocycles. The number of hydrogen-bond acceptors (Lipinski definition) is 2. The van der Waals surface area contributed by atoms with E-state index in [1.54, 1.807) is 16.8 Å². The number of amides is 1. The van der Waals surface area contributed by atoms with Crippen LogP contribution in [0.25, 0.3) is 0 Å². The van der Waals surface area contributed by atoms with Crippen LogP contribution in [0.15, 0.2) is 42.7 Å². The molecule has 0 radical (unpaired) electrons. The molecule has 1 amide bonds. The van der Waals surface area contributed by atoms with Crippen LogP contribution in [0, 0.1) is 0 Å². The highest BCUT2D eigenvalue weighted by atomic mass is 16.2. The normalized spacial score (nSPS) is 12.1. The lowest BCUT2D eigenvalue weighted by Gasteiger charge is -2.13. The van der Waals surface area contributed by atoms with Crippen molar-refractivity contribution in [2.45, 2.75) is 13.0 Å². The molecule has 0 spiro atoms. The molecule has 0 saturated carbocycles. The molecule has 4 nitrogen and oxygen atoms in total. The van der Waals surface area contributed by atoms with Gasteiger partial charge in [0.2, 0.25) is 0 Å². The summed E-state index contributed by atoms with van der Waals surface area (Å²) in [5.74, 6) is -0.0874. The molecule has 0 aliphatic rings. The van der Waals surface area contributed by atoms with Crippen LogP contribution < -0.4 is 5.32 Å². The number of aromatic nitrogens is 2. The average molecular weight is 229 g/mol. The van der Waals surface area contributed by atoms with Crippen molar-refractivity contribution < 1.29 is 4.79 Å². The van der Waals surface area contributed by atoms with Gasteiger partial charge in [-0.05, 0) is 31.2 Å². The molecule has 0 saturated heterocycles. The Hall–Kier alpha value is -2.10. The Morgan fingerprint density at radius 3 is 2.76 bits per heavy atom. The number of carbonyl (C=O) groups is 1. The highest BCUT2D eigenvalue weighted by Crippen LogP contribution is 2.09. The van der Waals surface area contributed by atoms with Gasteiger partial charge in [-0.2, -0.15) is 0 Å². The zero-order chi connectivity index (χ0) is 12.3. The maximum absolute atomic E-state index is 12.0. The topological polar surface area (TPSA) is 46.9 Å². The summed E-state index contributed by atoms with van der Waals surface area (Å²) in [5.41, 5.74) is 1.50. The molecule has 2 aromatic rings. The molecule has 1 N–H and O–H groups in total. The van der Waals surface area contributed by atoms with Gasteiger partial charge in [-0.15, -0.1) is 0 Å². The molecule has 2 aromatic heterocycles. The van der Waals surface area contributed by atoms with Crippen molar-refractivity contribution in [2.75, 3.05) is 0 Å². The Labute approximate surface area is 100 Å². The van der Waals surface area contributed by atoms with E-state index in [1.165, 1.54) is 0 Å². The van der Waals surface area contributed by atoms with Crippen molar-refractivity contribution in [3.8, 4) is 0 Å². The Kier molecular flexibility index (Phi) is 3.23. The zero-order valence-corrected chi connectivity index (χ0v) is 9.92. The Bertz CT molecular complexity index is 504. The lowest BCUT2D eigenvalue weighted by atomic mass is 10.2. The smallest absolute Gasteiger partial charge is 0.268 e. The first-order chi connectivity index (χ1) is 8.18. The zero-order valence-electron chi connectivity index (χ0n) is 9.92. The predicted molar refractivity (Wildman–Crippen MR) is 65.5 cm³/mol. The molecule has 1 atom stereocenters. The number of nitrogens with zero attached hydrogens (tertiary/aromatic N) is 2. The van der Waals surface area contributed by atoms with Gasteiger partial charge in [0.15, 0.2) is 0 Å². The molecule has 88 valence electrons. The Morgan fingerprint density at radius 2 is 2.18 bits per heavy atom. The lowest BCUT2D eigenvalue weighted by molar-refractivity contribution is 0.0931. The largest absolute Gasteiger partial charge is 0.347 e.